The van der Waals surface area contributed by atoms with E-state index >= 15 is 0 Å². The van der Waals surface area contributed by atoms with Gasteiger partial charge in [0.05, 0.1) is 5.02 Å². The van der Waals surface area contributed by atoms with Crippen molar-refractivity contribution in [3.63, 3.8) is 0 Å². The molecular weight excluding hydrogens is 231 g/mol. The SMILES string of the molecule is CC[C@@H](C)NC(=O)Nc1ccc(F)c(Cl)c1. The number of carbonyl (C=O) groups is 1. The Labute approximate surface area is 99.0 Å². The minimum absolute atomic E-state index is 0.0126. The molecule has 1 aromatic carbocycles. The average molecular weight is 245 g/mol. The zero-order valence-electron chi connectivity index (χ0n) is 9.18. The Balaban J connectivity index is 2.59. The highest BCUT2D eigenvalue weighted by Crippen LogP contribution is 2.19. The molecule has 1 aromatic rings. The number of rotatable bonds is 3. The van der Waals surface area contributed by atoms with Gasteiger partial charge in [0.2, 0.25) is 0 Å². The second-order valence-corrected chi connectivity index (χ2v) is 3.94. The van der Waals surface area contributed by atoms with Crippen LogP contribution in [-0.2, 0) is 0 Å². The Hall–Kier alpha value is -1.29. The molecule has 5 heteroatoms. The van der Waals surface area contributed by atoms with Crippen LogP contribution in [-0.4, -0.2) is 12.1 Å². The summed E-state index contributed by atoms with van der Waals surface area (Å²) in [5.41, 5.74) is 0.465. The largest absolute Gasteiger partial charge is 0.335 e. The molecule has 0 aliphatic carbocycles. The van der Waals surface area contributed by atoms with Crippen molar-refractivity contribution in [2.75, 3.05) is 5.32 Å². The molecule has 3 nitrogen and oxygen atoms in total. The van der Waals surface area contributed by atoms with Gasteiger partial charge >= 0.3 is 6.03 Å². The number of carbonyl (C=O) groups excluding carboxylic acids is 1. The molecular formula is C11H14ClFN2O. The summed E-state index contributed by atoms with van der Waals surface area (Å²) in [5, 5.41) is 5.29. The first kappa shape index (κ1) is 12.8. The Morgan fingerprint density at radius 1 is 1.56 bits per heavy atom. The minimum atomic E-state index is -0.505. The normalized spacial score (nSPS) is 12.0. The number of benzene rings is 1. The molecule has 88 valence electrons. The Morgan fingerprint density at radius 3 is 2.81 bits per heavy atom. The Kier molecular flexibility index (Phi) is 4.55. The van der Waals surface area contributed by atoms with Crippen LogP contribution in [0.1, 0.15) is 20.3 Å². The van der Waals surface area contributed by atoms with Gasteiger partial charge in [-0.25, -0.2) is 9.18 Å². The van der Waals surface area contributed by atoms with E-state index in [9.17, 15) is 9.18 Å². The molecule has 0 unspecified atom stereocenters. The van der Waals surface area contributed by atoms with Crippen LogP contribution in [0.2, 0.25) is 5.02 Å². The van der Waals surface area contributed by atoms with Crippen molar-refractivity contribution in [1.29, 1.82) is 0 Å². The van der Waals surface area contributed by atoms with E-state index in [0.29, 0.717) is 5.69 Å². The molecule has 2 amide bonds. The van der Waals surface area contributed by atoms with E-state index in [2.05, 4.69) is 10.6 Å². The van der Waals surface area contributed by atoms with Gasteiger partial charge in [-0.1, -0.05) is 18.5 Å². The molecule has 0 bridgehead atoms. The number of anilines is 1. The van der Waals surface area contributed by atoms with Crippen molar-refractivity contribution in [3.05, 3.63) is 29.0 Å². The molecule has 0 fully saturated rings. The third-order valence-electron chi connectivity index (χ3n) is 2.17. The second kappa shape index (κ2) is 5.70. The summed E-state index contributed by atoms with van der Waals surface area (Å²) in [4.78, 5) is 11.4. The van der Waals surface area contributed by atoms with Crippen LogP contribution in [0, 0.1) is 5.82 Å². The summed E-state index contributed by atoms with van der Waals surface area (Å²) in [6.45, 7) is 3.87. The van der Waals surface area contributed by atoms with Crippen molar-refractivity contribution >= 4 is 23.3 Å². The zero-order chi connectivity index (χ0) is 12.1. The first-order chi connectivity index (χ1) is 7.52. The van der Waals surface area contributed by atoms with Crippen LogP contribution in [0.3, 0.4) is 0 Å². The van der Waals surface area contributed by atoms with Crippen molar-refractivity contribution < 1.29 is 9.18 Å². The summed E-state index contributed by atoms with van der Waals surface area (Å²) < 4.78 is 12.8. The molecule has 0 aromatic heterocycles. The molecule has 0 heterocycles. The lowest BCUT2D eigenvalue weighted by atomic mass is 10.3. The van der Waals surface area contributed by atoms with Crippen molar-refractivity contribution in [3.8, 4) is 0 Å². The lowest BCUT2D eigenvalue weighted by Gasteiger charge is -2.12. The molecule has 2 N–H and O–H groups in total. The third kappa shape index (κ3) is 3.70. The maximum Gasteiger partial charge on any atom is 0.319 e. The average Bonchev–Trinajstić information content (AvgIpc) is 2.23. The lowest BCUT2D eigenvalue weighted by molar-refractivity contribution is 0.249. The van der Waals surface area contributed by atoms with E-state index in [1.165, 1.54) is 18.2 Å². The van der Waals surface area contributed by atoms with E-state index in [1.807, 2.05) is 13.8 Å². The van der Waals surface area contributed by atoms with Crippen LogP contribution in [0.5, 0.6) is 0 Å². The van der Waals surface area contributed by atoms with E-state index in [4.69, 9.17) is 11.6 Å². The van der Waals surface area contributed by atoms with E-state index in [0.717, 1.165) is 6.42 Å². The van der Waals surface area contributed by atoms with Gasteiger partial charge in [0, 0.05) is 11.7 Å². The summed E-state index contributed by atoms with van der Waals surface area (Å²) in [6.07, 6.45) is 0.845. The molecule has 16 heavy (non-hydrogen) atoms. The van der Waals surface area contributed by atoms with E-state index in [1.54, 1.807) is 0 Å². The number of halogens is 2. The predicted molar refractivity (Wildman–Crippen MR) is 63.3 cm³/mol. The minimum Gasteiger partial charge on any atom is -0.335 e. The van der Waals surface area contributed by atoms with Gasteiger partial charge in [-0.15, -0.1) is 0 Å². The van der Waals surface area contributed by atoms with Gasteiger partial charge in [-0.2, -0.15) is 0 Å². The van der Waals surface area contributed by atoms with Crippen LogP contribution in [0.25, 0.3) is 0 Å². The quantitative estimate of drug-likeness (QED) is 0.841. The van der Waals surface area contributed by atoms with Gasteiger partial charge in [-0.3, -0.25) is 0 Å². The molecule has 0 radical (unpaired) electrons. The van der Waals surface area contributed by atoms with Crippen molar-refractivity contribution in [2.45, 2.75) is 26.3 Å². The fourth-order valence-corrected chi connectivity index (χ4v) is 1.25. The standard InChI is InChI=1S/C11H14ClFN2O/c1-3-7(2)14-11(16)15-8-4-5-10(13)9(12)6-8/h4-7H,3H2,1-2H3,(H2,14,15,16)/t7-/m1/s1. The number of hydrogen-bond acceptors (Lipinski definition) is 1. The second-order valence-electron chi connectivity index (χ2n) is 3.54. The molecule has 0 saturated carbocycles. The number of nitrogens with one attached hydrogen (secondary N) is 2. The third-order valence-corrected chi connectivity index (χ3v) is 2.46. The lowest BCUT2D eigenvalue weighted by Crippen LogP contribution is -2.35. The van der Waals surface area contributed by atoms with Gasteiger partial charge in [0.1, 0.15) is 5.82 Å². The van der Waals surface area contributed by atoms with Gasteiger partial charge in [-0.05, 0) is 31.5 Å². The number of urea groups is 1. The monoisotopic (exact) mass is 244 g/mol. The molecule has 0 spiro atoms. The predicted octanol–water partition coefficient (Wildman–Crippen LogP) is 3.40. The Bertz CT molecular complexity index is 384. The highest BCUT2D eigenvalue weighted by atomic mass is 35.5. The molecule has 1 rings (SSSR count). The zero-order valence-corrected chi connectivity index (χ0v) is 9.94. The fourth-order valence-electron chi connectivity index (χ4n) is 1.07. The number of amides is 2. The summed E-state index contributed by atoms with van der Waals surface area (Å²) in [5.74, 6) is -0.505. The van der Waals surface area contributed by atoms with E-state index in [-0.39, 0.29) is 17.1 Å². The van der Waals surface area contributed by atoms with Crippen molar-refractivity contribution in [2.24, 2.45) is 0 Å². The first-order valence-electron chi connectivity index (χ1n) is 5.05. The van der Waals surface area contributed by atoms with Crippen molar-refractivity contribution in [1.82, 2.24) is 5.32 Å². The molecule has 0 aliphatic rings. The smallest absolute Gasteiger partial charge is 0.319 e. The van der Waals surface area contributed by atoms with Gasteiger partial charge < -0.3 is 10.6 Å². The molecule has 1 atom stereocenters. The van der Waals surface area contributed by atoms with Gasteiger partial charge in [0.15, 0.2) is 0 Å². The molecule has 0 aliphatic heterocycles. The maximum absolute atomic E-state index is 12.8. The van der Waals surface area contributed by atoms with Crippen LogP contribution >= 0.6 is 11.6 Å². The summed E-state index contributed by atoms with van der Waals surface area (Å²) >= 11 is 5.58. The Morgan fingerprint density at radius 2 is 2.25 bits per heavy atom. The first-order valence-corrected chi connectivity index (χ1v) is 5.43. The fraction of sp³-hybridized carbons (Fsp3) is 0.364. The van der Waals surface area contributed by atoms with Crippen LogP contribution in [0.15, 0.2) is 18.2 Å². The number of hydrogen-bond donors (Lipinski definition) is 2. The van der Waals surface area contributed by atoms with E-state index < -0.39 is 5.82 Å². The topological polar surface area (TPSA) is 41.1 Å². The van der Waals surface area contributed by atoms with Crippen LogP contribution < -0.4 is 10.6 Å². The summed E-state index contributed by atoms with van der Waals surface area (Å²) in [6, 6.07) is 3.80. The highest BCUT2D eigenvalue weighted by molar-refractivity contribution is 6.31. The summed E-state index contributed by atoms with van der Waals surface area (Å²) in [7, 11) is 0. The maximum atomic E-state index is 12.8. The highest BCUT2D eigenvalue weighted by Gasteiger charge is 2.06. The van der Waals surface area contributed by atoms with Crippen LogP contribution in [0.4, 0.5) is 14.9 Å². The van der Waals surface area contributed by atoms with Gasteiger partial charge in [0.25, 0.3) is 0 Å². The molecule has 0 saturated heterocycles.